The molecular weight excluding hydrogens is 254 g/mol. The van der Waals surface area contributed by atoms with Crippen molar-refractivity contribution in [2.45, 2.75) is 0 Å². The first-order chi connectivity index (χ1) is 9.76. The molecule has 0 unspecified atom stereocenters. The maximum atomic E-state index is 12.3. The summed E-state index contributed by atoms with van der Waals surface area (Å²) in [6, 6.07) is 9.03. The summed E-state index contributed by atoms with van der Waals surface area (Å²) in [5, 5.41) is 13.1. The molecule has 0 radical (unpaired) electrons. The Labute approximate surface area is 117 Å². The largest absolute Gasteiger partial charge is 0.395 e. The van der Waals surface area contributed by atoms with E-state index in [0.29, 0.717) is 18.7 Å². The van der Waals surface area contributed by atoms with Gasteiger partial charge in [0.15, 0.2) is 0 Å². The van der Waals surface area contributed by atoms with Crippen LogP contribution in [0.2, 0.25) is 0 Å². The Morgan fingerprint density at radius 2 is 2.15 bits per heavy atom. The summed E-state index contributed by atoms with van der Waals surface area (Å²) < 4.78 is 1.73. The number of amides is 1. The van der Waals surface area contributed by atoms with E-state index < -0.39 is 0 Å². The van der Waals surface area contributed by atoms with Gasteiger partial charge in [0, 0.05) is 31.0 Å². The number of carbonyl (C=O) groups excluding carboxylic acids is 1. The molecule has 104 valence electrons. The smallest absolute Gasteiger partial charge is 0.254 e. The van der Waals surface area contributed by atoms with E-state index in [4.69, 9.17) is 5.11 Å². The van der Waals surface area contributed by atoms with Crippen molar-refractivity contribution in [2.75, 3.05) is 19.7 Å². The van der Waals surface area contributed by atoms with Crippen molar-refractivity contribution in [1.82, 2.24) is 14.7 Å². The van der Waals surface area contributed by atoms with Crippen LogP contribution in [0.3, 0.4) is 0 Å². The minimum Gasteiger partial charge on any atom is -0.395 e. The van der Waals surface area contributed by atoms with Crippen LogP contribution in [-0.2, 0) is 0 Å². The molecule has 0 aliphatic rings. The number of hydrogen-bond donors (Lipinski definition) is 1. The van der Waals surface area contributed by atoms with Gasteiger partial charge >= 0.3 is 0 Å². The van der Waals surface area contributed by atoms with E-state index in [1.807, 2.05) is 24.4 Å². The van der Waals surface area contributed by atoms with Crippen molar-refractivity contribution in [2.24, 2.45) is 0 Å². The highest BCUT2D eigenvalue weighted by molar-refractivity contribution is 5.94. The van der Waals surface area contributed by atoms with Crippen LogP contribution in [0.25, 0.3) is 5.69 Å². The zero-order valence-electron chi connectivity index (χ0n) is 11.1. The normalized spacial score (nSPS) is 10.2. The number of carbonyl (C=O) groups is 1. The maximum absolute atomic E-state index is 12.3. The summed E-state index contributed by atoms with van der Waals surface area (Å²) in [5.74, 6) is -0.119. The van der Waals surface area contributed by atoms with E-state index in [1.54, 1.807) is 34.0 Å². The molecule has 1 heterocycles. The Kier molecular flexibility index (Phi) is 4.68. The molecular formula is C15H17N3O2. The van der Waals surface area contributed by atoms with Gasteiger partial charge in [-0.3, -0.25) is 4.79 Å². The number of rotatable bonds is 6. The molecule has 0 aliphatic heterocycles. The van der Waals surface area contributed by atoms with E-state index in [0.717, 1.165) is 5.69 Å². The van der Waals surface area contributed by atoms with Crippen molar-refractivity contribution in [3.8, 4) is 5.69 Å². The van der Waals surface area contributed by atoms with Crippen LogP contribution < -0.4 is 0 Å². The van der Waals surface area contributed by atoms with E-state index in [2.05, 4.69) is 11.7 Å². The molecule has 1 amide bonds. The summed E-state index contributed by atoms with van der Waals surface area (Å²) in [6.45, 7) is 4.27. The van der Waals surface area contributed by atoms with Gasteiger partial charge in [-0.1, -0.05) is 6.08 Å². The predicted octanol–water partition coefficient (Wildman–Crippen LogP) is 1.49. The first kappa shape index (κ1) is 14.0. The average molecular weight is 271 g/mol. The van der Waals surface area contributed by atoms with E-state index in [1.165, 1.54) is 0 Å². The lowest BCUT2D eigenvalue weighted by Crippen LogP contribution is -2.33. The number of nitrogens with zero attached hydrogens (tertiary/aromatic N) is 3. The molecule has 2 rings (SSSR count). The fourth-order valence-electron chi connectivity index (χ4n) is 1.91. The molecule has 0 aliphatic carbocycles. The van der Waals surface area contributed by atoms with Crippen molar-refractivity contribution in [3.63, 3.8) is 0 Å². The summed E-state index contributed by atoms with van der Waals surface area (Å²) >= 11 is 0. The molecule has 0 saturated carbocycles. The predicted molar refractivity (Wildman–Crippen MR) is 76.8 cm³/mol. The second-order valence-corrected chi connectivity index (χ2v) is 4.26. The van der Waals surface area contributed by atoms with Crippen LogP contribution in [0.4, 0.5) is 0 Å². The molecule has 0 atom stereocenters. The third-order valence-electron chi connectivity index (χ3n) is 2.89. The molecule has 0 spiro atoms. The van der Waals surface area contributed by atoms with Crippen LogP contribution in [0.15, 0.2) is 55.4 Å². The first-order valence-corrected chi connectivity index (χ1v) is 6.37. The van der Waals surface area contributed by atoms with Gasteiger partial charge in [-0.05, 0) is 30.3 Å². The molecule has 5 nitrogen and oxygen atoms in total. The van der Waals surface area contributed by atoms with Gasteiger partial charge in [-0.25, -0.2) is 4.68 Å². The number of aliphatic hydroxyl groups excluding tert-OH is 1. The number of benzene rings is 1. The zero-order valence-corrected chi connectivity index (χ0v) is 11.1. The minimum atomic E-state index is -0.119. The monoisotopic (exact) mass is 271 g/mol. The lowest BCUT2D eigenvalue weighted by molar-refractivity contribution is 0.0743. The van der Waals surface area contributed by atoms with Crippen LogP contribution in [-0.4, -0.2) is 45.4 Å². The van der Waals surface area contributed by atoms with Crippen LogP contribution in [0.5, 0.6) is 0 Å². The summed E-state index contributed by atoms with van der Waals surface area (Å²) in [5.41, 5.74) is 1.47. The van der Waals surface area contributed by atoms with E-state index in [9.17, 15) is 4.79 Å². The van der Waals surface area contributed by atoms with Gasteiger partial charge in [0.1, 0.15) is 0 Å². The summed E-state index contributed by atoms with van der Waals surface area (Å²) in [6.07, 6.45) is 5.18. The van der Waals surface area contributed by atoms with Gasteiger partial charge in [-0.2, -0.15) is 5.10 Å². The lowest BCUT2D eigenvalue weighted by Gasteiger charge is -2.20. The molecule has 1 aromatic carbocycles. The first-order valence-electron chi connectivity index (χ1n) is 6.37. The highest BCUT2D eigenvalue weighted by atomic mass is 16.3. The van der Waals surface area contributed by atoms with E-state index >= 15 is 0 Å². The molecule has 2 aromatic rings. The summed E-state index contributed by atoms with van der Waals surface area (Å²) in [4.78, 5) is 13.8. The van der Waals surface area contributed by atoms with Gasteiger partial charge in [0.25, 0.3) is 5.91 Å². The molecule has 0 fully saturated rings. The van der Waals surface area contributed by atoms with Crippen LogP contribution in [0, 0.1) is 0 Å². The van der Waals surface area contributed by atoms with Gasteiger partial charge < -0.3 is 10.0 Å². The molecule has 1 aromatic heterocycles. The Hall–Kier alpha value is -2.40. The second kappa shape index (κ2) is 6.68. The van der Waals surface area contributed by atoms with Crippen molar-refractivity contribution in [3.05, 3.63) is 60.9 Å². The zero-order chi connectivity index (χ0) is 14.4. The number of hydrogen-bond acceptors (Lipinski definition) is 3. The minimum absolute atomic E-state index is 0.0645. The Balaban J connectivity index is 2.16. The Morgan fingerprint density at radius 3 is 2.70 bits per heavy atom. The Bertz CT molecular complexity index is 561. The molecule has 20 heavy (non-hydrogen) atoms. The topological polar surface area (TPSA) is 58.4 Å². The SMILES string of the molecule is C=CCN(CCO)C(=O)c1ccc(-n2cccn2)cc1. The maximum Gasteiger partial charge on any atom is 0.254 e. The van der Waals surface area contributed by atoms with Gasteiger partial charge in [0.2, 0.25) is 0 Å². The van der Waals surface area contributed by atoms with Gasteiger partial charge in [0.05, 0.1) is 12.3 Å². The van der Waals surface area contributed by atoms with E-state index in [-0.39, 0.29) is 12.5 Å². The fourth-order valence-corrected chi connectivity index (χ4v) is 1.91. The summed E-state index contributed by atoms with van der Waals surface area (Å²) in [7, 11) is 0. The second-order valence-electron chi connectivity index (χ2n) is 4.26. The quantitative estimate of drug-likeness (QED) is 0.810. The molecule has 5 heteroatoms. The van der Waals surface area contributed by atoms with Crippen molar-refractivity contribution >= 4 is 5.91 Å². The van der Waals surface area contributed by atoms with Crippen LogP contribution >= 0.6 is 0 Å². The number of aliphatic hydroxyl groups is 1. The standard InChI is InChI=1S/C15H17N3O2/c1-2-9-17(11-12-19)15(20)13-4-6-14(7-5-13)18-10-3-8-16-18/h2-8,10,19H,1,9,11-12H2. The number of aromatic nitrogens is 2. The molecule has 1 N–H and O–H groups in total. The molecule has 0 saturated heterocycles. The molecule has 0 bridgehead atoms. The highest BCUT2D eigenvalue weighted by Gasteiger charge is 2.13. The van der Waals surface area contributed by atoms with Gasteiger partial charge in [-0.15, -0.1) is 6.58 Å². The lowest BCUT2D eigenvalue weighted by atomic mass is 10.2. The van der Waals surface area contributed by atoms with Crippen LogP contribution in [0.1, 0.15) is 10.4 Å². The Morgan fingerprint density at radius 1 is 1.40 bits per heavy atom. The third kappa shape index (κ3) is 3.13. The highest BCUT2D eigenvalue weighted by Crippen LogP contribution is 2.11. The fraction of sp³-hybridized carbons (Fsp3) is 0.200. The van der Waals surface area contributed by atoms with Crippen molar-refractivity contribution in [1.29, 1.82) is 0 Å². The average Bonchev–Trinajstić information content (AvgIpc) is 3.01. The third-order valence-corrected chi connectivity index (χ3v) is 2.89. The van der Waals surface area contributed by atoms with Crippen molar-refractivity contribution < 1.29 is 9.90 Å².